The van der Waals surface area contributed by atoms with E-state index >= 15 is 0 Å². The van der Waals surface area contributed by atoms with Gasteiger partial charge in [0.25, 0.3) is 0 Å². The zero-order chi connectivity index (χ0) is 15.2. The quantitative estimate of drug-likeness (QED) is 0.631. The van der Waals surface area contributed by atoms with E-state index in [4.69, 9.17) is 31.1 Å². The first-order valence-electron chi connectivity index (χ1n) is 6.54. The Bertz CT molecular complexity index is 587. The largest absolute Gasteiger partial charge is 0.490 e. The van der Waals surface area contributed by atoms with Crippen LogP contribution in [0, 0.1) is 6.92 Å². The lowest BCUT2D eigenvalue weighted by molar-refractivity contribution is 0.217. The van der Waals surface area contributed by atoms with E-state index in [-0.39, 0.29) is 0 Å². The third kappa shape index (κ3) is 4.67. The fraction of sp³-hybridized carbons (Fsp3) is 0.200. The average Bonchev–Trinajstić information content (AvgIpc) is 2.47. The molecular formula is C15H16BClO4. The van der Waals surface area contributed by atoms with E-state index in [9.17, 15) is 0 Å². The van der Waals surface area contributed by atoms with Crippen LogP contribution in [0.1, 0.15) is 5.56 Å². The predicted octanol–water partition coefficient (Wildman–Crippen LogP) is 1.79. The van der Waals surface area contributed by atoms with E-state index in [0.29, 0.717) is 35.2 Å². The highest BCUT2D eigenvalue weighted by atomic mass is 35.5. The predicted molar refractivity (Wildman–Crippen MR) is 83.4 cm³/mol. The molecule has 4 nitrogen and oxygen atoms in total. The smallest absolute Gasteiger partial charge is 0.488 e. The fourth-order valence-electron chi connectivity index (χ4n) is 1.77. The molecular weight excluding hydrogens is 290 g/mol. The Kier molecular flexibility index (Phi) is 5.50. The van der Waals surface area contributed by atoms with Gasteiger partial charge < -0.3 is 19.5 Å². The van der Waals surface area contributed by atoms with Crippen LogP contribution in [0.5, 0.6) is 11.5 Å². The molecule has 0 bridgehead atoms. The summed E-state index contributed by atoms with van der Waals surface area (Å²) in [6, 6.07) is 12.1. The molecule has 0 saturated heterocycles. The summed E-state index contributed by atoms with van der Waals surface area (Å²) in [4.78, 5) is 0. The number of hydrogen-bond acceptors (Lipinski definition) is 4. The van der Waals surface area contributed by atoms with Gasteiger partial charge in [-0.2, -0.15) is 0 Å². The standard InChI is InChI=1S/C15H16BClO4/c1-11-2-7-14(17)15(10-11)21-9-8-20-13-5-3-12(4-6-13)16(18)19/h2-7,10,18-19H,8-9H2,1H3. The molecule has 0 aliphatic carbocycles. The summed E-state index contributed by atoms with van der Waals surface area (Å²) >= 11 is 6.03. The number of benzene rings is 2. The maximum atomic E-state index is 8.99. The first-order valence-corrected chi connectivity index (χ1v) is 6.92. The van der Waals surface area contributed by atoms with Gasteiger partial charge in [0.1, 0.15) is 24.7 Å². The molecule has 0 spiro atoms. The minimum Gasteiger partial charge on any atom is -0.490 e. The van der Waals surface area contributed by atoms with Gasteiger partial charge in [0.15, 0.2) is 0 Å². The number of hydrogen-bond donors (Lipinski definition) is 2. The van der Waals surface area contributed by atoms with Crippen molar-refractivity contribution in [1.29, 1.82) is 0 Å². The van der Waals surface area contributed by atoms with Crippen molar-refractivity contribution in [2.45, 2.75) is 6.92 Å². The second-order valence-electron chi connectivity index (χ2n) is 4.57. The molecule has 0 amide bonds. The number of ether oxygens (including phenoxy) is 2. The zero-order valence-electron chi connectivity index (χ0n) is 11.6. The summed E-state index contributed by atoms with van der Waals surface area (Å²) in [7, 11) is -1.47. The lowest BCUT2D eigenvalue weighted by Crippen LogP contribution is -2.29. The number of rotatable bonds is 6. The highest BCUT2D eigenvalue weighted by molar-refractivity contribution is 6.58. The molecule has 0 aliphatic rings. The Morgan fingerprint density at radius 3 is 2.33 bits per heavy atom. The summed E-state index contributed by atoms with van der Waals surface area (Å²) in [5, 5.41) is 18.5. The van der Waals surface area contributed by atoms with Gasteiger partial charge in [0.2, 0.25) is 0 Å². The van der Waals surface area contributed by atoms with Crippen LogP contribution in [0.2, 0.25) is 5.02 Å². The molecule has 0 aromatic heterocycles. The lowest BCUT2D eigenvalue weighted by Gasteiger charge is -2.10. The van der Waals surface area contributed by atoms with Crippen LogP contribution >= 0.6 is 11.6 Å². The topological polar surface area (TPSA) is 58.9 Å². The normalized spacial score (nSPS) is 10.3. The third-order valence-corrected chi connectivity index (χ3v) is 3.19. The van der Waals surface area contributed by atoms with Gasteiger partial charge in [-0.3, -0.25) is 0 Å². The van der Waals surface area contributed by atoms with Crippen molar-refractivity contribution in [3.05, 3.63) is 53.1 Å². The third-order valence-electron chi connectivity index (χ3n) is 2.87. The van der Waals surface area contributed by atoms with Crippen molar-refractivity contribution in [3.63, 3.8) is 0 Å². The molecule has 0 atom stereocenters. The van der Waals surface area contributed by atoms with Gasteiger partial charge in [-0.05, 0) is 42.2 Å². The summed E-state index contributed by atoms with van der Waals surface area (Å²) < 4.78 is 11.1. The molecule has 0 heterocycles. The van der Waals surface area contributed by atoms with E-state index in [1.165, 1.54) is 0 Å². The first-order chi connectivity index (χ1) is 10.1. The first kappa shape index (κ1) is 15.7. The zero-order valence-corrected chi connectivity index (χ0v) is 12.4. The van der Waals surface area contributed by atoms with E-state index < -0.39 is 7.12 Å². The van der Waals surface area contributed by atoms with Gasteiger partial charge in [-0.15, -0.1) is 0 Å². The maximum Gasteiger partial charge on any atom is 0.488 e. The van der Waals surface area contributed by atoms with Gasteiger partial charge in [0, 0.05) is 0 Å². The molecule has 110 valence electrons. The van der Waals surface area contributed by atoms with Gasteiger partial charge in [-0.25, -0.2) is 0 Å². The number of halogens is 1. The van der Waals surface area contributed by atoms with Crippen LogP contribution in [0.3, 0.4) is 0 Å². The Labute approximate surface area is 129 Å². The monoisotopic (exact) mass is 306 g/mol. The van der Waals surface area contributed by atoms with Crippen molar-refractivity contribution >= 4 is 24.2 Å². The second kappa shape index (κ2) is 7.36. The average molecular weight is 307 g/mol. The highest BCUT2D eigenvalue weighted by Gasteiger charge is 2.09. The van der Waals surface area contributed by atoms with Crippen LogP contribution < -0.4 is 14.9 Å². The second-order valence-corrected chi connectivity index (χ2v) is 4.98. The maximum absolute atomic E-state index is 8.99. The van der Waals surface area contributed by atoms with E-state index in [1.807, 2.05) is 19.1 Å². The molecule has 0 unspecified atom stereocenters. The van der Waals surface area contributed by atoms with E-state index in [1.54, 1.807) is 30.3 Å². The Morgan fingerprint density at radius 1 is 1.00 bits per heavy atom. The Morgan fingerprint density at radius 2 is 1.67 bits per heavy atom. The van der Waals surface area contributed by atoms with Crippen LogP contribution in [0.15, 0.2) is 42.5 Å². The van der Waals surface area contributed by atoms with Gasteiger partial charge in [0.05, 0.1) is 5.02 Å². The molecule has 6 heteroatoms. The molecule has 0 radical (unpaired) electrons. The minimum absolute atomic E-state index is 0.366. The summed E-state index contributed by atoms with van der Waals surface area (Å²) in [5.74, 6) is 1.28. The Hall–Kier alpha value is -1.69. The van der Waals surface area contributed by atoms with Crippen LogP contribution in [0.4, 0.5) is 0 Å². The van der Waals surface area contributed by atoms with Crippen LogP contribution in [-0.4, -0.2) is 30.4 Å². The molecule has 2 rings (SSSR count). The summed E-state index contributed by atoms with van der Waals surface area (Å²) in [6.45, 7) is 2.70. The van der Waals surface area contributed by atoms with Crippen LogP contribution in [0.25, 0.3) is 0 Å². The molecule has 2 aromatic carbocycles. The molecule has 0 aliphatic heterocycles. The SMILES string of the molecule is Cc1ccc(Cl)c(OCCOc2ccc(B(O)O)cc2)c1. The Balaban J connectivity index is 1.80. The summed E-state index contributed by atoms with van der Waals surface area (Å²) in [6.07, 6.45) is 0. The van der Waals surface area contributed by atoms with E-state index in [0.717, 1.165) is 5.56 Å². The van der Waals surface area contributed by atoms with Crippen molar-refractivity contribution in [2.75, 3.05) is 13.2 Å². The van der Waals surface area contributed by atoms with E-state index in [2.05, 4.69) is 0 Å². The van der Waals surface area contributed by atoms with Crippen molar-refractivity contribution in [2.24, 2.45) is 0 Å². The number of aryl methyl sites for hydroxylation is 1. The van der Waals surface area contributed by atoms with Crippen LogP contribution in [-0.2, 0) is 0 Å². The van der Waals surface area contributed by atoms with Crippen molar-refractivity contribution in [3.8, 4) is 11.5 Å². The van der Waals surface area contributed by atoms with Gasteiger partial charge in [-0.1, -0.05) is 29.8 Å². The lowest BCUT2D eigenvalue weighted by atomic mass is 9.80. The fourth-order valence-corrected chi connectivity index (χ4v) is 1.94. The molecule has 2 aromatic rings. The molecule has 0 saturated carbocycles. The van der Waals surface area contributed by atoms with Crippen molar-refractivity contribution in [1.82, 2.24) is 0 Å². The molecule has 0 fully saturated rings. The molecule has 21 heavy (non-hydrogen) atoms. The van der Waals surface area contributed by atoms with Crippen molar-refractivity contribution < 1.29 is 19.5 Å². The molecule has 2 N–H and O–H groups in total. The highest BCUT2D eigenvalue weighted by Crippen LogP contribution is 2.25. The summed E-state index contributed by atoms with van der Waals surface area (Å²) in [5.41, 5.74) is 1.50. The minimum atomic E-state index is -1.47. The van der Waals surface area contributed by atoms with Gasteiger partial charge >= 0.3 is 7.12 Å².